The Morgan fingerprint density at radius 2 is 1.71 bits per heavy atom. The highest BCUT2D eigenvalue weighted by atomic mass is 28.4. The maximum atomic E-state index is 10.3. The van der Waals surface area contributed by atoms with E-state index in [1.54, 1.807) is 28.3 Å². The smallest absolute Gasteiger partial charge is 0.221 e. The van der Waals surface area contributed by atoms with Gasteiger partial charge in [-0.3, -0.25) is 0 Å². The number of methoxy groups -OCH3 is 3. The molecule has 0 bridgehead atoms. The van der Waals surface area contributed by atoms with E-state index in [-0.39, 0.29) is 17.6 Å². The zero-order chi connectivity index (χ0) is 23.4. The van der Waals surface area contributed by atoms with Crippen LogP contribution in [0.4, 0.5) is 0 Å². The zero-order valence-electron chi connectivity index (χ0n) is 20.2. The van der Waals surface area contributed by atoms with Crippen LogP contribution in [0.15, 0.2) is 12.1 Å². The molecule has 0 radical (unpaired) electrons. The van der Waals surface area contributed by atoms with Crippen LogP contribution in [-0.2, 0) is 24.4 Å². The lowest BCUT2D eigenvalue weighted by molar-refractivity contribution is -0.274. The molecule has 0 saturated carbocycles. The number of rotatable bonds is 6. The number of aliphatic hydroxyl groups excluding tert-OH is 2. The van der Waals surface area contributed by atoms with Crippen molar-refractivity contribution in [3.05, 3.63) is 28.8 Å². The monoisotopic (exact) mass is 454 g/mol. The van der Waals surface area contributed by atoms with Crippen LogP contribution in [0.2, 0.25) is 18.1 Å². The molecule has 0 spiro atoms. The van der Waals surface area contributed by atoms with E-state index < -0.39 is 38.5 Å². The number of benzene rings is 1. The molecule has 1 aromatic rings. The number of hydrogen-bond donors (Lipinski definition) is 2. The van der Waals surface area contributed by atoms with Crippen LogP contribution in [0.1, 0.15) is 63.0 Å². The first-order valence-corrected chi connectivity index (χ1v) is 13.8. The topological polar surface area (TPSA) is 86.6 Å². The Labute approximate surface area is 186 Å². The Hall–Kier alpha value is -1.00. The molecule has 0 amide bonds. The van der Waals surface area contributed by atoms with Crippen LogP contribution in [0.3, 0.4) is 0 Å². The molecule has 6 atom stereocenters. The van der Waals surface area contributed by atoms with E-state index in [2.05, 4.69) is 33.9 Å². The van der Waals surface area contributed by atoms with Crippen LogP contribution >= 0.6 is 0 Å². The largest absolute Gasteiger partial charge is 0.496 e. The SMILES string of the molecule is COc1c([C@H]2C[C@@H](O)[C@H](O)[C@@H](C)O2)ccc2c1C(OC)(O[Si](C)(C)C(C)(C)C)C2OC. The van der Waals surface area contributed by atoms with Gasteiger partial charge in [-0.1, -0.05) is 32.9 Å². The van der Waals surface area contributed by atoms with E-state index in [0.29, 0.717) is 5.75 Å². The molecule has 31 heavy (non-hydrogen) atoms. The van der Waals surface area contributed by atoms with Gasteiger partial charge in [0.25, 0.3) is 0 Å². The van der Waals surface area contributed by atoms with E-state index >= 15 is 0 Å². The average Bonchev–Trinajstić information content (AvgIpc) is 2.68. The fraction of sp³-hybridized carbons (Fsp3) is 0.739. The second kappa shape index (κ2) is 8.41. The third kappa shape index (κ3) is 3.86. The number of aliphatic hydroxyl groups is 2. The first kappa shape index (κ1) is 24.6. The Morgan fingerprint density at radius 3 is 2.19 bits per heavy atom. The van der Waals surface area contributed by atoms with Gasteiger partial charge in [-0.2, -0.15) is 0 Å². The molecule has 2 aliphatic rings. The molecule has 1 heterocycles. The van der Waals surface area contributed by atoms with Crippen LogP contribution in [0.25, 0.3) is 0 Å². The maximum Gasteiger partial charge on any atom is 0.221 e. The predicted molar refractivity (Wildman–Crippen MR) is 120 cm³/mol. The van der Waals surface area contributed by atoms with Crippen molar-refractivity contribution in [3.63, 3.8) is 0 Å². The van der Waals surface area contributed by atoms with Crippen molar-refractivity contribution in [1.29, 1.82) is 0 Å². The van der Waals surface area contributed by atoms with Gasteiger partial charge in [-0.15, -0.1) is 0 Å². The summed E-state index contributed by atoms with van der Waals surface area (Å²) in [6, 6.07) is 3.93. The summed E-state index contributed by atoms with van der Waals surface area (Å²) in [5.41, 5.74) is 2.56. The Bertz CT molecular complexity index is 794. The van der Waals surface area contributed by atoms with Gasteiger partial charge in [0.15, 0.2) is 8.32 Å². The van der Waals surface area contributed by atoms with Crippen molar-refractivity contribution < 1.29 is 33.6 Å². The first-order chi connectivity index (χ1) is 14.3. The van der Waals surface area contributed by atoms with E-state index in [1.165, 1.54) is 0 Å². The van der Waals surface area contributed by atoms with Crippen LogP contribution in [0.5, 0.6) is 5.75 Å². The second-order valence-corrected chi connectivity index (χ2v) is 14.9. The molecule has 1 aromatic carbocycles. The summed E-state index contributed by atoms with van der Waals surface area (Å²) < 4.78 is 30.6. The molecular formula is C23H38O7Si. The van der Waals surface area contributed by atoms with E-state index in [4.69, 9.17) is 23.4 Å². The summed E-state index contributed by atoms with van der Waals surface area (Å²) in [4.78, 5) is 0. The minimum atomic E-state index is -2.25. The lowest BCUT2D eigenvalue weighted by atomic mass is 9.75. The van der Waals surface area contributed by atoms with Gasteiger partial charge in [0.2, 0.25) is 5.79 Å². The van der Waals surface area contributed by atoms with Crippen molar-refractivity contribution in [2.75, 3.05) is 21.3 Å². The highest BCUT2D eigenvalue weighted by Gasteiger charge is 2.61. The molecular weight excluding hydrogens is 416 g/mol. The van der Waals surface area contributed by atoms with Crippen molar-refractivity contribution in [3.8, 4) is 5.75 Å². The average molecular weight is 455 g/mol. The molecule has 1 saturated heterocycles. The van der Waals surface area contributed by atoms with Gasteiger partial charge in [0, 0.05) is 26.2 Å². The maximum absolute atomic E-state index is 10.3. The molecule has 176 valence electrons. The third-order valence-electron chi connectivity index (χ3n) is 7.21. The van der Waals surface area contributed by atoms with Gasteiger partial charge in [-0.25, -0.2) is 0 Å². The van der Waals surface area contributed by atoms with E-state index in [1.807, 2.05) is 12.1 Å². The lowest BCUT2D eigenvalue weighted by Crippen LogP contribution is -2.57. The summed E-state index contributed by atoms with van der Waals surface area (Å²) in [7, 11) is 2.65. The first-order valence-electron chi connectivity index (χ1n) is 10.9. The molecule has 3 rings (SSSR count). The minimum absolute atomic E-state index is 0.0282. The fourth-order valence-electron chi connectivity index (χ4n) is 4.36. The molecule has 1 aliphatic carbocycles. The standard InChI is InChI=1S/C23H38O7Si/c1-13-19(25)16(24)12-17(29-13)14-10-11-15-18(20(14)26-5)23(28-7,21(15)27-6)30-31(8,9)22(2,3)4/h10-11,13,16-17,19,21,24-25H,12H2,1-9H3/t13-,16-,17-,19-,21?,23?/m1/s1. The molecule has 0 aromatic heterocycles. The minimum Gasteiger partial charge on any atom is -0.496 e. The molecule has 1 fully saturated rings. The van der Waals surface area contributed by atoms with Crippen LogP contribution in [0, 0.1) is 0 Å². The second-order valence-electron chi connectivity index (χ2n) is 10.1. The van der Waals surface area contributed by atoms with Gasteiger partial charge >= 0.3 is 0 Å². The molecule has 1 aliphatic heterocycles. The van der Waals surface area contributed by atoms with Crippen molar-refractivity contribution in [2.45, 2.75) is 88.6 Å². The summed E-state index contributed by atoms with van der Waals surface area (Å²) in [6.07, 6.45) is -2.80. The third-order valence-corrected chi connectivity index (χ3v) is 11.6. The normalized spacial score (nSPS) is 33.6. The predicted octanol–water partition coefficient (Wildman–Crippen LogP) is 3.79. The zero-order valence-corrected chi connectivity index (χ0v) is 21.2. The summed E-state index contributed by atoms with van der Waals surface area (Å²) in [5, 5.41) is 20.4. The number of hydrogen-bond acceptors (Lipinski definition) is 7. The Kier molecular flexibility index (Phi) is 6.68. The lowest BCUT2D eigenvalue weighted by Gasteiger charge is -2.54. The summed E-state index contributed by atoms with van der Waals surface area (Å²) in [5.74, 6) is -0.473. The van der Waals surface area contributed by atoms with Crippen molar-refractivity contribution in [2.24, 2.45) is 0 Å². The number of fused-ring (bicyclic) bond motifs is 1. The van der Waals surface area contributed by atoms with Gasteiger partial charge in [0.1, 0.15) is 18.0 Å². The van der Waals surface area contributed by atoms with Crippen LogP contribution < -0.4 is 4.74 Å². The van der Waals surface area contributed by atoms with Gasteiger partial charge in [0.05, 0.1) is 31.0 Å². The van der Waals surface area contributed by atoms with E-state index in [0.717, 1.165) is 16.7 Å². The van der Waals surface area contributed by atoms with Crippen molar-refractivity contribution >= 4 is 8.32 Å². The fourth-order valence-corrected chi connectivity index (χ4v) is 5.72. The molecule has 2 unspecified atom stereocenters. The molecule has 2 N–H and O–H groups in total. The summed E-state index contributed by atoms with van der Waals surface area (Å²) in [6.45, 7) is 12.7. The van der Waals surface area contributed by atoms with Crippen molar-refractivity contribution in [1.82, 2.24) is 0 Å². The quantitative estimate of drug-likeness (QED) is 0.499. The number of ether oxygens (including phenoxy) is 4. The molecule has 8 heteroatoms. The van der Waals surface area contributed by atoms with Gasteiger partial charge < -0.3 is 33.6 Å². The summed E-state index contributed by atoms with van der Waals surface area (Å²) >= 11 is 0. The van der Waals surface area contributed by atoms with Crippen LogP contribution in [-0.4, -0.2) is 58.2 Å². The molecule has 7 nitrogen and oxygen atoms in total. The Morgan fingerprint density at radius 1 is 1.10 bits per heavy atom. The Balaban J connectivity index is 2.10. The van der Waals surface area contributed by atoms with E-state index in [9.17, 15) is 10.2 Å². The highest BCUT2D eigenvalue weighted by molar-refractivity contribution is 6.74. The highest BCUT2D eigenvalue weighted by Crippen LogP contribution is 2.61. The van der Waals surface area contributed by atoms with Gasteiger partial charge in [-0.05, 0) is 30.6 Å².